The smallest absolute Gasteiger partial charge is 0.175 e. The van der Waals surface area contributed by atoms with E-state index in [1.165, 1.54) is 5.56 Å². The fraction of sp³-hybridized carbons (Fsp3) is 0.400. The molecule has 136 valence electrons. The van der Waals surface area contributed by atoms with E-state index in [1.54, 1.807) is 14.2 Å². The topological polar surface area (TPSA) is 39.7 Å². The molecule has 0 aromatic heterocycles. The van der Waals surface area contributed by atoms with Crippen LogP contribution in [0.1, 0.15) is 25.0 Å². The van der Waals surface area contributed by atoms with Crippen LogP contribution in [-0.4, -0.2) is 26.9 Å². The van der Waals surface area contributed by atoms with Crippen LogP contribution in [0.2, 0.25) is 0 Å². The first-order valence-corrected chi connectivity index (χ1v) is 9.20. The molecule has 0 bridgehead atoms. The van der Waals surface area contributed by atoms with Crippen molar-refractivity contribution in [1.29, 1.82) is 0 Å². The minimum atomic E-state index is 0.0926. The summed E-state index contributed by atoms with van der Waals surface area (Å²) in [6.45, 7) is 5.62. The Morgan fingerprint density at radius 2 is 1.76 bits per heavy atom. The molecule has 4 nitrogen and oxygen atoms in total. The minimum absolute atomic E-state index is 0.0926. The van der Waals surface area contributed by atoms with Crippen LogP contribution in [0, 0.1) is 0 Å². The van der Waals surface area contributed by atoms with Gasteiger partial charge in [0.15, 0.2) is 11.5 Å². The van der Waals surface area contributed by atoms with E-state index in [1.807, 2.05) is 38.1 Å². The number of halogens is 1. The quantitative estimate of drug-likeness (QED) is 0.617. The number of para-hydroxylation sites is 1. The molecular weight excluding hydrogens is 382 g/mol. The normalized spacial score (nSPS) is 10.8. The number of methoxy groups -OCH3 is 2. The van der Waals surface area contributed by atoms with Gasteiger partial charge in [0, 0.05) is 6.54 Å². The maximum Gasteiger partial charge on any atom is 0.175 e. The summed E-state index contributed by atoms with van der Waals surface area (Å²) in [5.41, 5.74) is 2.34. The van der Waals surface area contributed by atoms with Gasteiger partial charge in [0.05, 0.1) is 24.8 Å². The first-order chi connectivity index (χ1) is 12.0. The molecule has 0 fully saturated rings. The third-order valence-corrected chi connectivity index (χ3v) is 4.32. The molecule has 0 spiro atoms. The largest absolute Gasteiger partial charge is 0.496 e. The number of hydrogen-bond acceptors (Lipinski definition) is 4. The Bertz CT molecular complexity index is 689. The maximum atomic E-state index is 5.82. The number of ether oxygens (including phenoxy) is 3. The summed E-state index contributed by atoms with van der Waals surface area (Å²) in [6.07, 6.45) is 1.01. The summed E-state index contributed by atoms with van der Waals surface area (Å²) in [5, 5.41) is 3.47. The van der Waals surface area contributed by atoms with Crippen LogP contribution in [0.5, 0.6) is 17.2 Å². The molecule has 25 heavy (non-hydrogen) atoms. The van der Waals surface area contributed by atoms with Crippen molar-refractivity contribution in [3.8, 4) is 17.2 Å². The molecule has 2 rings (SSSR count). The summed E-state index contributed by atoms with van der Waals surface area (Å²) in [7, 11) is 3.37. The van der Waals surface area contributed by atoms with Gasteiger partial charge < -0.3 is 19.5 Å². The molecule has 0 unspecified atom stereocenters. The molecule has 0 aliphatic heterocycles. The highest BCUT2D eigenvalue weighted by Gasteiger charge is 2.13. The lowest BCUT2D eigenvalue weighted by molar-refractivity contribution is 0.228. The molecule has 0 saturated carbocycles. The van der Waals surface area contributed by atoms with Gasteiger partial charge in [-0.2, -0.15) is 0 Å². The summed E-state index contributed by atoms with van der Waals surface area (Å²) >= 11 is 3.58. The third kappa shape index (κ3) is 5.65. The van der Waals surface area contributed by atoms with Crippen molar-refractivity contribution in [2.45, 2.75) is 32.9 Å². The second-order valence-corrected chi connectivity index (χ2v) is 6.87. The van der Waals surface area contributed by atoms with Gasteiger partial charge in [-0.25, -0.2) is 0 Å². The van der Waals surface area contributed by atoms with E-state index >= 15 is 0 Å². The van der Waals surface area contributed by atoms with Crippen LogP contribution in [0.15, 0.2) is 40.9 Å². The van der Waals surface area contributed by atoms with Gasteiger partial charge in [0.25, 0.3) is 0 Å². The van der Waals surface area contributed by atoms with E-state index in [0.29, 0.717) is 0 Å². The van der Waals surface area contributed by atoms with Gasteiger partial charge in [-0.15, -0.1) is 0 Å². The molecule has 0 radical (unpaired) electrons. The lowest BCUT2D eigenvalue weighted by Gasteiger charge is -2.17. The van der Waals surface area contributed by atoms with E-state index in [-0.39, 0.29) is 6.10 Å². The maximum absolute atomic E-state index is 5.82. The van der Waals surface area contributed by atoms with Crippen LogP contribution >= 0.6 is 15.9 Å². The third-order valence-electron chi connectivity index (χ3n) is 3.74. The summed E-state index contributed by atoms with van der Waals surface area (Å²) < 4.78 is 17.6. The number of hydrogen-bond donors (Lipinski definition) is 1. The summed E-state index contributed by atoms with van der Waals surface area (Å²) in [4.78, 5) is 0. The lowest BCUT2D eigenvalue weighted by atomic mass is 10.1. The van der Waals surface area contributed by atoms with Gasteiger partial charge in [-0.05, 0) is 72.1 Å². The van der Waals surface area contributed by atoms with Gasteiger partial charge >= 0.3 is 0 Å². The number of rotatable bonds is 9. The zero-order valence-electron chi connectivity index (χ0n) is 15.3. The van der Waals surface area contributed by atoms with Crippen LogP contribution in [0.3, 0.4) is 0 Å². The van der Waals surface area contributed by atoms with Crippen molar-refractivity contribution in [3.05, 3.63) is 52.0 Å². The van der Waals surface area contributed by atoms with Gasteiger partial charge in [0.1, 0.15) is 5.75 Å². The highest BCUT2D eigenvalue weighted by molar-refractivity contribution is 9.10. The van der Waals surface area contributed by atoms with Crippen molar-refractivity contribution in [3.63, 3.8) is 0 Å². The summed E-state index contributed by atoms with van der Waals surface area (Å²) in [5.74, 6) is 2.42. The Morgan fingerprint density at radius 1 is 1.04 bits per heavy atom. The molecule has 5 heteroatoms. The van der Waals surface area contributed by atoms with Crippen molar-refractivity contribution in [2.75, 3.05) is 20.8 Å². The van der Waals surface area contributed by atoms with Crippen molar-refractivity contribution >= 4 is 15.9 Å². The Hall–Kier alpha value is -1.72. The fourth-order valence-electron chi connectivity index (χ4n) is 2.59. The molecule has 2 aromatic rings. The first-order valence-electron chi connectivity index (χ1n) is 8.40. The molecule has 0 heterocycles. The molecule has 0 atom stereocenters. The summed E-state index contributed by atoms with van der Waals surface area (Å²) in [6, 6.07) is 12.2. The predicted molar refractivity (Wildman–Crippen MR) is 105 cm³/mol. The Morgan fingerprint density at radius 3 is 2.44 bits per heavy atom. The van der Waals surface area contributed by atoms with E-state index in [4.69, 9.17) is 14.2 Å². The van der Waals surface area contributed by atoms with Gasteiger partial charge in [-0.1, -0.05) is 18.2 Å². The molecular formula is C20H26BrNO3. The molecule has 2 aromatic carbocycles. The standard InChI is InChI=1S/C20H26BrNO3/c1-14(2)25-20-17(21)11-15(12-19(20)24-4)13-22-10-9-16-7-5-6-8-18(16)23-3/h5-8,11-12,14,22H,9-10,13H2,1-4H3. The van der Waals surface area contributed by atoms with Gasteiger partial charge in [-0.3, -0.25) is 0 Å². The zero-order valence-corrected chi connectivity index (χ0v) is 16.9. The highest BCUT2D eigenvalue weighted by Crippen LogP contribution is 2.37. The monoisotopic (exact) mass is 407 g/mol. The second kappa shape index (κ2) is 9.68. The van der Waals surface area contributed by atoms with Crippen molar-refractivity contribution in [1.82, 2.24) is 5.32 Å². The Kier molecular flexibility index (Phi) is 7.59. The fourth-order valence-corrected chi connectivity index (χ4v) is 3.17. The van der Waals surface area contributed by atoms with Crippen LogP contribution in [0.4, 0.5) is 0 Å². The zero-order chi connectivity index (χ0) is 18.2. The molecule has 0 aliphatic rings. The molecule has 0 amide bonds. The second-order valence-electron chi connectivity index (χ2n) is 6.01. The van der Waals surface area contributed by atoms with Crippen LogP contribution < -0.4 is 19.5 Å². The number of benzene rings is 2. The Balaban J connectivity index is 1.95. The van der Waals surface area contributed by atoms with E-state index in [0.717, 1.165) is 46.8 Å². The minimum Gasteiger partial charge on any atom is -0.496 e. The SMILES string of the molecule is COc1ccccc1CCNCc1cc(Br)c(OC(C)C)c(OC)c1. The first kappa shape index (κ1) is 19.6. The lowest BCUT2D eigenvalue weighted by Crippen LogP contribution is -2.17. The van der Waals surface area contributed by atoms with Gasteiger partial charge in [0.2, 0.25) is 0 Å². The van der Waals surface area contributed by atoms with Crippen molar-refractivity contribution < 1.29 is 14.2 Å². The van der Waals surface area contributed by atoms with E-state index in [2.05, 4.69) is 33.4 Å². The average molecular weight is 408 g/mol. The highest BCUT2D eigenvalue weighted by atomic mass is 79.9. The van der Waals surface area contributed by atoms with Crippen LogP contribution in [0.25, 0.3) is 0 Å². The number of nitrogens with one attached hydrogen (secondary N) is 1. The molecule has 1 N–H and O–H groups in total. The Labute approximate surface area is 158 Å². The average Bonchev–Trinajstić information content (AvgIpc) is 2.60. The van der Waals surface area contributed by atoms with Crippen molar-refractivity contribution in [2.24, 2.45) is 0 Å². The van der Waals surface area contributed by atoms with E-state index < -0.39 is 0 Å². The molecule has 0 saturated heterocycles. The van der Waals surface area contributed by atoms with E-state index in [9.17, 15) is 0 Å². The molecule has 0 aliphatic carbocycles. The van der Waals surface area contributed by atoms with Crippen LogP contribution in [-0.2, 0) is 13.0 Å². The predicted octanol–water partition coefficient (Wildman–Crippen LogP) is 4.59.